The Morgan fingerprint density at radius 3 is 3.08 bits per heavy atom. The first kappa shape index (κ1) is 16.7. The number of carbonyl (C=O) groups excluding carboxylic acids is 1. The summed E-state index contributed by atoms with van der Waals surface area (Å²) >= 11 is 0. The van der Waals surface area contributed by atoms with Crippen molar-refractivity contribution in [1.29, 1.82) is 0 Å². The van der Waals surface area contributed by atoms with Crippen LogP contribution >= 0.6 is 0 Å². The highest BCUT2D eigenvalue weighted by atomic mass is 16.1. The van der Waals surface area contributed by atoms with Crippen LogP contribution in [-0.4, -0.2) is 25.7 Å². The van der Waals surface area contributed by atoms with Gasteiger partial charge in [0.05, 0.1) is 24.3 Å². The molecule has 2 heterocycles. The van der Waals surface area contributed by atoms with Crippen molar-refractivity contribution in [2.75, 3.05) is 0 Å². The van der Waals surface area contributed by atoms with Gasteiger partial charge in [0, 0.05) is 29.3 Å². The zero-order valence-corrected chi connectivity index (χ0v) is 15.2. The Morgan fingerprint density at radius 2 is 2.19 bits per heavy atom. The molecule has 0 spiro atoms. The van der Waals surface area contributed by atoms with E-state index in [0.29, 0.717) is 13.0 Å². The summed E-state index contributed by atoms with van der Waals surface area (Å²) in [5, 5.41) is 8.68. The molecular weight excluding hydrogens is 326 g/mol. The number of hydrogen-bond donors (Lipinski definition) is 1. The number of amides is 1. The zero-order chi connectivity index (χ0) is 18.1. The predicted octanol–water partition coefficient (Wildman–Crippen LogP) is 3.03. The monoisotopic (exact) mass is 349 g/mol. The molecule has 4 rings (SSSR count). The Labute approximate surface area is 152 Å². The van der Waals surface area contributed by atoms with Gasteiger partial charge >= 0.3 is 0 Å². The fourth-order valence-corrected chi connectivity index (χ4v) is 3.63. The summed E-state index contributed by atoms with van der Waals surface area (Å²) in [4.78, 5) is 21.3. The third kappa shape index (κ3) is 3.31. The summed E-state index contributed by atoms with van der Waals surface area (Å²) < 4.78 is 1.91. The molecule has 2 aromatic heterocycles. The van der Waals surface area contributed by atoms with Crippen LogP contribution in [0.2, 0.25) is 0 Å². The van der Waals surface area contributed by atoms with Crippen LogP contribution in [0, 0.1) is 13.8 Å². The molecule has 0 saturated heterocycles. The summed E-state index contributed by atoms with van der Waals surface area (Å²) in [7, 11) is 0. The molecule has 0 saturated carbocycles. The molecule has 6 heteroatoms. The molecule has 0 unspecified atom stereocenters. The molecule has 1 aromatic carbocycles. The van der Waals surface area contributed by atoms with Crippen LogP contribution in [0.5, 0.6) is 0 Å². The maximum Gasteiger partial charge on any atom is 0.222 e. The SMILES string of the molecule is Cc1ccc2cnn(CCC(=O)N[C@@H]3CCCc4nc(C)ncc43)c2c1. The number of aryl methyl sites for hydroxylation is 4. The molecule has 1 aliphatic carbocycles. The maximum absolute atomic E-state index is 12.5. The number of benzene rings is 1. The average molecular weight is 349 g/mol. The summed E-state index contributed by atoms with van der Waals surface area (Å²) in [6.45, 7) is 4.54. The van der Waals surface area contributed by atoms with Crippen LogP contribution in [0.3, 0.4) is 0 Å². The van der Waals surface area contributed by atoms with Crippen molar-refractivity contribution in [1.82, 2.24) is 25.1 Å². The van der Waals surface area contributed by atoms with Gasteiger partial charge in [0.15, 0.2) is 0 Å². The van der Waals surface area contributed by atoms with E-state index in [9.17, 15) is 4.79 Å². The molecule has 0 radical (unpaired) electrons. The molecule has 1 N–H and O–H groups in total. The van der Waals surface area contributed by atoms with Gasteiger partial charge in [-0.1, -0.05) is 12.1 Å². The smallest absolute Gasteiger partial charge is 0.222 e. The van der Waals surface area contributed by atoms with Crippen LogP contribution in [0.4, 0.5) is 0 Å². The zero-order valence-electron chi connectivity index (χ0n) is 15.2. The van der Waals surface area contributed by atoms with Gasteiger partial charge < -0.3 is 5.32 Å². The third-order valence-corrected chi connectivity index (χ3v) is 4.99. The number of nitrogens with one attached hydrogen (secondary N) is 1. The number of carbonyl (C=O) groups is 1. The van der Waals surface area contributed by atoms with Crippen molar-refractivity contribution in [3.8, 4) is 0 Å². The van der Waals surface area contributed by atoms with E-state index in [1.807, 2.05) is 24.0 Å². The number of fused-ring (bicyclic) bond motifs is 2. The largest absolute Gasteiger partial charge is 0.349 e. The van der Waals surface area contributed by atoms with Gasteiger partial charge in [0.25, 0.3) is 0 Å². The van der Waals surface area contributed by atoms with Gasteiger partial charge in [-0.25, -0.2) is 9.97 Å². The van der Waals surface area contributed by atoms with E-state index >= 15 is 0 Å². The average Bonchev–Trinajstić information content (AvgIpc) is 3.02. The Bertz CT molecular complexity index is 962. The van der Waals surface area contributed by atoms with Crippen LogP contribution in [0.1, 0.15) is 47.9 Å². The topological polar surface area (TPSA) is 72.7 Å². The number of rotatable bonds is 4. The van der Waals surface area contributed by atoms with E-state index in [2.05, 4.69) is 45.5 Å². The molecule has 26 heavy (non-hydrogen) atoms. The lowest BCUT2D eigenvalue weighted by molar-refractivity contribution is -0.122. The molecule has 6 nitrogen and oxygen atoms in total. The standard InChI is InChI=1S/C20H23N5O/c1-13-6-7-15-11-22-25(19(15)10-13)9-8-20(26)24-18-5-3-4-17-16(18)12-21-14(2)23-17/h6-7,10-12,18H,3-5,8-9H2,1-2H3,(H,24,26)/t18-/m1/s1. The fourth-order valence-electron chi connectivity index (χ4n) is 3.63. The molecule has 134 valence electrons. The van der Waals surface area contributed by atoms with Crippen molar-refractivity contribution in [2.45, 2.75) is 52.1 Å². The first-order valence-corrected chi connectivity index (χ1v) is 9.14. The van der Waals surface area contributed by atoms with Crippen molar-refractivity contribution in [3.63, 3.8) is 0 Å². The van der Waals surface area contributed by atoms with E-state index in [-0.39, 0.29) is 11.9 Å². The molecule has 1 aliphatic rings. The number of aromatic nitrogens is 4. The molecule has 0 aliphatic heterocycles. The molecule has 3 aromatic rings. The Balaban J connectivity index is 1.43. The quantitative estimate of drug-likeness (QED) is 0.786. The van der Waals surface area contributed by atoms with E-state index in [1.165, 1.54) is 5.56 Å². The Morgan fingerprint density at radius 1 is 1.31 bits per heavy atom. The predicted molar refractivity (Wildman–Crippen MR) is 99.7 cm³/mol. The van der Waals surface area contributed by atoms with Gasteiger partial charge in [-0.15, -0.1) is 0 Å². The van der Waals surface area contributed by atoms with Gasteiger partial charge in [-0.3, -0.25) is 9.48 Å². The minimum absolute atomic E-state index is 0.0171. The first-order valence-electron chi connectivity index (χ1n) is 9.14. The second kappa shape index (κ2) is 6.86. The second-order valence-corrected chi connectivity index (χ2v) is 7.01. The van der Waals surface area contributed by atoms with E-state index in [0.717, 1.165) is 47.2 Å². The van der Waals surface area contributed by atoms with Crippen molar-refractivity contribution < 1.29 is 4.79 Å². The van der Waals surface area contributed by atoms with Crippen LogP contribution in [0.15, 0.2) is 30.6 Å². The van der Waals surface area contributed by atoms with Crippen LogP contribution in [-0.2, 0) is 17.8 Å². The number of hydrogen-bond acceptors (Lipinski definition) is 4. The highest BCUT2D eigenvalue weighted by Crippen LogP contribution is 2.28. The molecular formula is C20H23N5O. The van der Waals surface area contributed by atoms with E-state index in [4.69, 9.17) is 0 Å². The van der Waals surface area contributed by atoms with Crippen molar-refractivity contribution >= 4 is 16.8 Å². The second-order valence-electron chi connectivity index (χ2n) is 7.01. The Hall–Kier alpha value is -2.76. The molecule has 1 atom stereocenters. The van der Waals surface area contributed by atoms with Gasteiger partial charge in [-0.2, -0.15) is 5.10 Å². The summed E-state index contributed by atoms with van der Waals surface area (Å²) in [6.07, 6.45) is 7.06. The lowest BCUT2D eigenvalue weighted by Crippen LogP contribution is -2.32. The van der Waals surface area contributed by atoms with E-state index < -0.39 is 0 Å². The Kier molecular flexibility index (Phi) is 4.41. The highest BCUT2D eigenvalue weighted by Gasteiger charge is 2.23. The van der Waals surface area contributed by atoms with Crippen molar-refractivity contribution in [2.24, 2.45) is 0 Å². The van der Waals surface area contributed by atoms with E-state index in [1.54, 1.807) is 0 Å². The van der Waals surface area contributed by atoms with Gasteiger partial charge in [0.2, 0.25) is 5.91 Å². The molecule has 0 fully saturated rings. The number of nitrogens with zero attached hydrogens (tertiary/aromatic N) is 4. The third-order valence-electron chi connectivity index (χ3n) is 4.99. The summed E-state index contributed by atoms with van der Waals surface area (Å²) in [5.41, 5.74) is 4.40. The molecule has 0 bridgehead atoms. The normalized spacial score (nSPS) is 16.5. The van der Waals surface area contributed by atoms with Crippen LogP contribution < -0.4 is 5.32 Å². The highest BCUT2D eigenvalue weighted by molar-refractivity contribution is 5.80. The first-order chi connectivity index (χ1) is 12.6. The van der Waals surface area contributed by atoms with Gasteiger partial charge in [0.1, 0.15) is 5.82 Å². The molecule has 1 amide bonds. The lowest BCUT2D eigenvalue weighted by Gasteiger charge is -2.25. The minimum atomic E-state index is 0.0171. The van der Waals surface area contributed by atoms with Crippen LogP contribution in [0.25, 0.3) is 10.9 Å². The maximum atomic E-state index is 12.5. The fraction of sp³-hybridized carbons (Fsp3) is 0.400. The summed E-state index contributed by atoms with van der Waals surface area (Å²) in [5.74, 6) is 0.830. The van der Waals surface area contributed by atoms with Gasteiger partial charge in [-0.05, 0) is 44.7 Å². The minimum Gasteiger partial charge on any atom is -0.349 e. The van der Waals surface area contributed by atoms with Crippen molar-refractivity contribution in [3.05, 3.63) is 53.2 Å². The summed E-state index contributed by atoms with van der Waals surface area (Å²) in [6, 6.07) is 6.26. The lowest BCUT2D eigenvalue weighted by atomic mass is 9.92.